The third kappa shape index (κ3) is 2.63. The van der Waals surface area contributed by atoms with E-state index in [-0.39, 0.29) is 0 Å². The summed E-state index contributed by atoms with van der Waals surface area (Å²) in [5.74, 6) is 1.42. The van der Waals surface area contributed by atoms with Gasteiger partial charge in [-0.3, -0.25) is 0 Å². The van der Waals surface area contributed by atoms with Gasteiger partial charge in [0.25, 0.3) is 0 Å². The standard InChI is InChI=1S/C16H18BrN3/c1-10-14-8-11(9-18)2-7-15(14)20-16(19-10)12-3-5-13(17)6-4-12/h3-6,11H,2,7-9,18H2,1H3. The quantitative estimate of drug-likeness (QED) is 0.918. The molecule has 0 fully saturated rings. The summed E-state index contributed by atoms with van der Waals surface area (Å²) in [6.45, 7) is 2.84. The van der Waals surface area contributed by atoms with Gasteiger partial charge in [0.15, 0.2) is 5.82 Å². The number of halogens is 1. The molecule has 1 aromatic heterocycles. The third-order valence-corrected chi connectivity index (χ3v) is 4.55. The number of fused-ring (bicyclic) bond motifs is 1. The zero-order chi connectivity index (χ0) is 14.1. The molecule has 1 atom stereocenters. The molecule has 3 rings (SSSR count). The molecule has 1 heterocycles. The fourth-order valence-corrected chi connectivity index (χ4v) is 3.05. The van der Waals surface area contributed by atoms with Crippen molar-refractivity contribution in [3.8, 4) is 11.4 Å². The molecule has 0 bridgehead atoms. The molecule has 1 aliphatic carbocycles. The summed E-state index contributed by atoms with van der Waals surface area (Å²) in [6.07, 6.45) is 3.18. The topological polar surface area (TPSA) is 51.8 Å². The Labute approximate surface area is 127 Å². The molecule has 104 valence electrons. The van der Waals surface area contributed by atoms with Crippen LogP contribution in [0.4, 0.5) is 0 Å². The van der Waals surface area contributed by atoms with E-state index in [0.29, 0.717) is 5.92 Å². The van der Waals surface area contributed by atoms with E-state index in [0.717, 1.165) is 47.4 Å². The van der Waals surface area contributed by atoms with E-state index in [9.17, 15) is 0 Å². The van der Waals surface area contributed by atoms with Crippen LogP contribution in [0.5, 0.6) is 0 Å². The van der Waals surface area contributed by atoms with Gasteiger partial charge in [0.05, 0.1) is 0 Å². The van der Waals surface area contributed by atoms with Crippen LogP contribution in [-0.2, 0) is 12.8 Å². The van der Waals surface area contributed by atoms with E-state index in [1.54, 1.807) is 0 Å². The monoisotopic (exact) mass is 331 g/mol. The molecule has 0 spiro atoms. The maximum Gasteiger partial charge on any atom is 0.159 e. The van der Waals surface area contributed by atoms with E-state index in [2.05, 4.69) is 40.0 Å². The van der Waals surface area contributed by atoms with Crippen molar-refractivity contribution >= 4 is 15.9 Å². The number of hydrogen-bond donors (Lipinski definition) is 1. The van der Waals surface area contributed by atoms with Crippen molar-refractivity contribution in [1.29, 1.82) is 0 Å². The van der Waals surface area contributed by atoms with Gasteiger partial charge in [-0.2, -0.15) is 0 Å². The molecule has 4 heteroatoms. The zero-order valence-electron chi connectivity index (χ0n) is 11.6. The minimum absolute atomic E-state index is 0.586. The molecule has 0 aliphatic heterocycles. The van der Waals surface area contributed by atoms with Crippen LogP contribution in [0.2, 0.25) is 0 Å². The summed E-state index contributed by atoms with van der Waals surface area (Å²) in [6, 6.07) is 8.16. The minimum atomic E-state index is 0.586. The Bertz CT molecular complexity index is 622. The zero-order valence-corrected chi connectivity index (χ0v) is 13.2. The van der Waals surface area contributed by atoms with Crippen LogP contribution in [0.3, 0.4) is 0 Å². The minimum Gasteiger partial charge on any atom is -0.330 e. The molecular formula is C16H18BrN3. The Kier molecular flexibility index (Phi) is 3.85. The number of nitrogens with two attached hydrogens (primary N) is 1. The summed E-state index contributed by atoms with van der Waals surface area (Å²) in [5.41, 5.74) is 10.5. The molecular weight excluding hydrogens is 314 g/mol. The second kappa shape index (κ2) is 5.62. The van der Waals surface area contributed by atoms with E-state index >= 15 is 0 Å². The SMILES string of the molecule is Cc1nc(-c2ccc(Br)cc2)nc2c1CC(CN)CC2. The van der Waals surface area contributed by atoms with Crippen molar-refractivity contribution in [3.05, 3.63) is 45.7 Å². The fraction of sp³-hybridized carbons (Fsp3) is 0.375. The van der Waals surface area contributed by atoms with Crippen molar-refractivity contribution in [3.63, 3.8) is 0 Å². The Morgan fingerprint density at radius 3 is 2.70 bits per heavy atom. The van der Waals surface area contributed by atoms with Gasteiger partial charge in [0, 0.05) is 21.4 Å². The maximum atomic E-state index is 5.80. The van der Waals surface area contributed by atoms with Crippen molar-refractivity contribution in [2.45, 2.75) is 26.2 Å². The van der Waals surface area contributed by atoms with E-state index in [1.165, 1.54) is 11.3 Å². The molecule has 20 heavy (non-hydrogen) atoms. The highest BCUT2D eigenvalue weighted by Gasteiger charge is 2.22. The Hall–Kier alpha value is -1.26. The molecule has 3 nitrogen and oxygen atoms in total. The van der Waals surface area contributed by atoms with Crippen LogP contribution < -0.4 is 5.73 Å². The first-order chi connectivity index (χ1) is 9.67. The van der Waals surface area contributed by atoms with Gasteiger partial charge in [-0.25, -0.2) is 9.97 Å². The van der Waals surface area contributed by atoms with E-state index in [4.69, 9.17) is 10.7 Å². The number of aromatic nitrogens is 2. The molecule has 0 radical (unpaired) electrons. The molecule has 0 saturated carbocycles. The predicted molar refractivity (Wildman–Crippen MR) is 84.5 cm³/mol. The first-order valence-corrected chi connectivity index (χ1v) is 7.79. The molecule has 2 N–H and O–H groups in total. The molecule has 2 aromatic rings. The number of hydrogen-bond acceptors (Lipinski definition) is 3. The second-order valence-electron chi connectivity index (χ2n) is 5.41. The number of aryl methyl sites for hydroxylation is 2. The van der Waals surface area contributed by atoms with Crippen LogP contribution >= 0.6 is 15.9 Å². The van der Waals surface area contributed by atoms with Gasteiger partial charge in [-0.05, 0) is 56.3 Å². The maximum absolute atomic E-state index is 5.80. The van der Waals surface area contributed by atoms with E-state index in [1.807, 2.05) is 12.1 Å². The largest absolute Gasteiger partial charge is 0.330 e. The van der Waals surface area contributed by atoms with Crippen LogP contribution in [0.15, 0.2) is 28.7 Å². The average molecular weight is 332 g/mol. The molecule has 0 amide bonds. The second-order valence-corrected chi connectivity index (χ2v) is 6.32. The lowest BCUT2D eigenvalue weighted by Gasteiger charge is -2.24. The van der Waals surface area contributed by atoms with Crippen molar-refractivity contribution in [1.82, 2.24) is 9.97 Å². The lowest BCUT2D eigenvalue weighted by Crippen LogP contribution is -2.24. The highest BCUT2D eigenvalue weighted by Crippen LogP contribution is 2.28. The summed E-state index contributed by atoms with van der Waals surface area (Å²) in [4.78, 5) is 9.46. The normalized spacial score (nSPS) is 17.9. The van der Waals surface area contributed by atoms with Gasteiger partial charge in [-0.1, -0.05) is 28.1 Å². The third-order valence-electron chi connectivity index (χ3n) is 4.02. The first-order valence-electron chi connectivity index (χ1n) is 6.99. The number of nitrogens with zero attached hydrogens (tertiary/aromatic N) is 2. The van der Waals surface area contributed by atoms with Crippen LogP contribution in [0.25, 0.3) is 11.4 Å². The molecule has 1 aromatic carbocycles. The molecule has 1 aliphatic rings. The first kappa shape index (κ1) is 13.7. The number of benzene rings is 1. The summed E-state index contributed by atoms with van der Waals surface area (Å²) >= 11 is 3.45. The van der Waals surface area contributed by atoms with Crippen LogP contribution in [0, 0.1) is 12.8 Å². The molecule has 0 saturated heterocycles. The Balaban J connectivity index is 2.00. The predicted octanol–water partition coefficient (Wildman–Crippen LogP) is 3.28. The average Bonchev–Trinajstić information content (AvgIpc) is 2.47. The van der Waals surface area contributed by atoms with Gasteiger partial charge in [-0.15, -0.1) is 0 Å². The van der Waals surface area contributed by atoms with Gasteiger partial charge >= 0.3 is 0 Å². The number of rotatable bonds is 2. The summed E-state index contributed by atoms with van der Waals surface area (Å²) < 4.78 is 1.07. The molecule has 1 unspecified atom stereocenters. The Morgan fingerprint density at radius 2 is 2.00 bits per heavy atom. The van der Waals surface area contributed by atoms with Crippen molar-refractivity contribution in [2.75, 3.05) is 6.54 Å². The van der Waals surface area contributed by atoms with E-state index < -0.39 is 0 Å². The lowest BCUT2D eigenvalue weighted by molar-refractivity contribution is 0.460. The Morgan fingerprint density at radius 1 is 1.25 bits per heavy atom. The van der Waals surface area contributed by atoms with Crippen LogP contribution in [0.1, 0.15) is 23.4 Å². The van der Waals surface area contributed by atoms with Gasteiger partial charge in [0.1, 0.15) is 0 Å². The van der Waals surface area contributed by atoms with Gasteiger partial charge < -0.3 is 5.73 Å². The van der Waals surface area contributed by atoms with Gasteiger partial charge in [0.2, 0.25) is 0 Å². The van der Waals surface area contributed by atoms with Crippen molar-refractivity contribution in [2.24, 2.45) is 11.7 Å². The summed E-state index contributed by atoms with van der Waals surface area (Å²) in [7, 11) is 0. The smallest absolute Gasteiger partial charge is 0.159 e. The highest BCUT2D eigenvalue weighted by atomic mass is 79.9. The fourth-order valence-electron chi connectivity index (χ4n) is 2.79. The van der Waals surface area contributed by atoms with Crippen molar-refractivity contribution < 1.29 is 0 Å². The highest BCUT2D eigenvalue weighted by molar-refractivity contribution is 9.10. The van der Waals surface area contributed by atoms with Crippen LogP contribution in [-0.4, -0.2) is 16.5 Å². The lowest BCUT2D eigenvalue weighted by atomic mass is 9.86. The summed E-state index contributed by atoms with van der Waals surface area (Å²) in [5, 5.41) is 0.